The van der Waals surface area contributed by atoms with Crippen molar-refractivity contribution in [2.24, 2.45) is 5.92 Å². The third kappa shape index (κ3) is 5.91. The van der Waals surface area contributed by atoms with E-state index in [0.29, 0.717) is 32.4 Å². The van der Waals surface area contributed by atoms with Crippen LogP contribution in [0.3, 0.4) is 0 Å². The average Bonchev–Trinajstić information content (AvgIpc) is 2.71. The van der Waals surface area contributed by atoms with E-state index in [-0.39, 0.29) is 30.6 Å². The van der Waals surface area contributed by atoms with Gasteiger partial charge in [0.1, 0.15) is 0 Å². The fraction of sp³-hybridized carbons (Fsp3) is 0.348. The molecule has 0 fully saturated rings. The van der Waals surface area contributed by atoms with Crippen LogP contribution in [0, 0.1) is 5.92 Å². The van der Waals surface area contributed by atoms with E-state index < -0.39 is 5.97 Å². The molecular weight excluding hydrogens is 368 g/mol. The Morgan fingerprint density at radius 2 is 1.76 bits per heavy atom. The van der Waals surface area contributed by atoms with Gasteiger partial charge in [0.2, 0.25) is 11.8 Å². The average molecular weight is 394 g/mol. The number of carbonyl (C=O) groups is 3. The number of amides is 2. The van der Waals surface area contributed by atoms with Gasteiger partial charge in [0.05, 0.1) is 0 Å². The maximum absolute atomic E-state index is 12.9. The molecule has 6 nitrogen and oxygen atoms in total. The number of carboxylic acids is 1. The minimum Gasteiger partial charge on any atom is -0.481 e. The molecule has 6 heteroatoms. The van der Waals surface area contributed by atoms with Crippen molar-refractivity contribution >= 4 is 23.5 Å². The van der Waals surface area contributed by atoms with Gasteiger partial charge in [0.15, 0.2) is 0 Å². The molecule has 0 radical (unpaired) electrons. The fourth-order valence-corrected chi connectivity index (χ4v) is 3.62. The molecule has 0 bridgehead atoms. The van der Waals surface area contributed by atoms with Gasteiger partial charge >= 0.3 is 5.97 Å². The van der Waals surface area contributed by atoms with Crippen LogP contribution in [0.1, 0.15) is 36.8 Å². The predicted molar refractivity (Wildman–Crippen MR) is 110 cm³/mol. The highest BCUT2D eigenvalue weighted by atomic mass is 16.4. The van der Waals surface area contributed by atoms with Crippen molar-refractivity contribution in [2.45, 2.75) is 38.6 Å². The van der Waals surface area contributed by atoms with Crippen LogP contribution in [0.25, 0.3) is 0 Å². The zero-order valence-electron chi connectivity index (χ0n) is 16.3. The van der Waals surface area contributed by atoms with Crippen molar-refractivity contribution < 1.29 is 19.5 Å². The first-order chi connectivity index (χ1) is 14.0. The van der Waals surface area contributed by atoms with Crippen molar-refractivity contribution in [1.82, 2.24) is 4.90 Å². The number of carboxylic acid groups (broad SMARTS) is 1. The van der Waals surface area contributed by atoms with Crippen molar-refractivity contribution in [3.05, 3.63) is 65.7 Å². The minimum atomic E-state index is -0.866. The molecule has 0 saturated heterocycles. The summed E-state index contributed by atoms with van der Waals surface area (Å²) < 4.78 is 0. The first-order valence-corrected chi connectivity index (χ1v) is 9.95. The Bertz CT molecular complexity index is 866. The summed E-state index contributed by atoms with van der Waals surface area (Å²) in [7, 11) is 0. The van der Waals surface area contributed by atoms with Gasteiger partial charge in [-0.15, -0.1) is 0 Å². The highest BCUT2D eigenvalue weighted by Gasteiger charge is 2.27. The number of nitrogens with zero attached hydrogens (tertiary/aromatic N) is 1. The summed E-state index contributed by atoms with van der Waals surface area (Å²) in [5.74, 6) is -1.19. The second-order valence-electron chi connectivity index (χ2n) is 7.38. The van der Waals surface area contributed by atoms with Crippen LogP contribution >= 0.6 is 0 Å². The van der Waals surface area contributed by atoms with Crippen molar-refractivity contribution in [1.29, 1.82) is 0 Å². The summed E-state index contributed by atoms with van der Waals surface area (Å²) in [6, 6.07) is 17.4. The number of rotatable bonds is 9. The number of nitrogens with one attached hydrogen (secondary N) is 1. The van der Waals surface area contributed by atoms with Crippen LogP contribution in [0.4, 0.5) is 5.69 Å². The summed E-state index contributed by atoms with van der Waals surface area (Å²) in [6.07, 6.45) is 1.81. The largest absolute Gasteiger partial charge is 0.481 e. The second-order valence-corrected chi connectivity index (χ2v) is 7.38. The van der Waals surface area contributed by atoms with E-state index in [1.165, 1.54) is 0 Å². The van der Waals surface area contributed by atoms with Gasteiger partial charge in [0.25, 0.3) is 0 Å². The smallest absolute Gasteiger partial charge is 0.303 e. The zero-order chi connectivity index (χ0) is 20.6. The molecule has 29 heavy (non-hydrogen) atoms. The number of hydrogen-bond donors (Lipinski definition) is 2. The molecule has 0 saturated carbocycles. The van der Waals surface area contributed by atoms with E-state index in [1.807, 2.05) is 54.6 Å². The van der Waals surface area contributed by atoms with Gasteiger partial charge in [-0.2, -0.15) is 0 Å². The van der Waals surface area contributed by atoms with Crippen LogP contribution in [0.5, 0.6) is 0 Å². The first kappa shape index (κ1) is 20.6. The molecule has 3 rings (SSSR count). The third-order valence-corrected chi connectivity index (χ3v) is 5.21. The van der Waals surface area contributed by atoms with Gasteiger partial charge in [-0.05, 0) is 36.5 Å². The number of anilines is 1. The predicted octanol–water partition coefficient (Wildman–Crippen LogP) is 3.47. The maximum Gasteiger partial charge on any atom is 0.303 e. The van der Waals surface area contributed by atoms with Gasteiger partial charge in [0, 0.05) is 37.5 Å². The quantitative estimate of drug-likeness (QED) is 0.682. The summed E-state index contributed by atoms with van der Waals surface area (Å²) in [4.78, 5) is 37.8. The normalized spacial score (nSPS) is 15.3. The van der Waals surface area contributed by atoms with E-state index in [2.05, 4.69) is 5.32 Å². The zero-order valence-corrected chi connectivity index (χ0v) is 16.3. The topological polar surface area (TPSA) is 86.7 Å². The number of hydrogen-bond acceptors (Lipinski definition) is 3. The third-order valence-electron chi connectivity index (χ3n) is 5.21. The van der Waals surface area contributed by atoms with Crippen molar-refractivity contribution in [3.63, 3.8) is 0 Å². The molecule has 152 valence electrons. The fourth-order valence-electron chi connectivity index (χ4n) is 3.62. The Morgan fingerprint density at radius 3 is 2.52 bits per heavy atom. The Morgan fingerprint density at radius 1 is 1.03 bits per heavy atom. The molecule has 0 spiro atoms. The molecule has 1 aliphatic heterocycles. The number of benzene rings is 2. The lowest BCUT2D eigenvalue weighted by atomic mass is 9.89. The highest BCUT2D eigenvalue weighted by Crippen LogP contribution is 2.27. The molecular formula is C23H26N2O4. The number of carbonyl (C=O) groups excluding carboxylic acids is 2. The second kappa shape index (κ2) is 9.87. The molecule has 1 atom stereocenters. The number of para-hydroxylation sites is 1. The lowest BCUT2D eigenvalue weighted by molar-refractivity contribution is -0.138. The lowest BCUT2D eigenvalue weighted by Gasteiger charge is -2.26. The monoisotopic (exact) mass is 394 g/mol. The Balaban J connectivity index is 1.59. The molecule has 0 aliphatic carbocycles. The summed E-state index contributed by atoms with van der Waals surface area (Å²) >= 11 is 0. The standard InChI is InChI=1S/C23H26N2O4/c26-21(13-12-19-15-18-9-4-5-10-20(18)24-23(19)29)25(14-6-11-22(27)28)16-17-7-2-1-3-8-17/h1-5,7-10,19H,6,11-16H2,(H,24,29)(H,27,28). The molecule has 1 unspecified atom stereocenters. The molecule has 1 heterocycles. The van der Waals surface area contributed by atoms with E-state index in [0.717, 1.165) is 16.8 Å². The summed E-state index contributed by atoms with van der Waals surface area (Å²) in [5, 5.41) is 11.8. The van der Waals surface area contributed by atoms with E-state index in [4.69, 9.17) is 5.11 Å². The first-order valence-electron chi connectivity index (χ1n) is 9.95. The summed E-state index contributed by atoms with van der Waals surface area (Å²) in [6.45, 7) is 0.832. The van der Waals surface area contributed by atoms with Gasteiger partial charge in [-0.3, -0.25) is 14.4 Å². The lowest BCUT2D eigenvalue weighted by Crippen LogP contribution is -2.34. The SMILES string of the molecule is O=C(O)CCCN(Cc1ccccc1)C(=O)CCC1Cc2ccccc2NC1=O. The minimum absolute atomic E-state index is 0.0282. The highest BCUT2D eigenvalue weighted by molar-refractivity contribution is 5.96. The molecule has 2 aromatic rings. The van der Waals surface area contributed by atoms with E-state index in [1.54, 1.807) is 4.90 Å². The summed E-state index contributed by atoms with van der Waals surface area (Å²) in [5.41, 5.74) is 2.94. The van der Waals surface area contributed by atoms with Crippen LogP contribution < -0.4 is 5.32 Å². The van der Waals surface area contributed by atoms with Gasteiger partial charge in [-0.25, -0.2) is 0 Å². The molecule has 1 aliphatic rings. The number of fused-ring (bicyclic) bond motifs is 1. The van der Waals surface area contributed by atoms with Crippen LogP contribution in [-0.4, -0.2) is 34.3 Å². The van der Waals surface area contributed by atoms with Crippen LogP contribution in [-0.2, 0) is 27.3 Å². The van der Waals surface area contributed by atoms with Crippen LogP contribution in [0.15, 0.2) is 54.6 Å². The molecule has 0 aromatic heterocycles. The Hall–Kier alpha value is -3.15. The molecule has 2 amide bonds. The maximum atomic E-state index is 12.9. The molecule has 2 aromatic carbocycles. The van der Waals surface area contributed by atoms with Crippen molar-refractivity contribution in [3.8, 4) is 0 Å². The number of aliphatic carboxylic acids is 1. The Kier molecular flexibility index (Phi) is 7.00. The van der Waals surface area contributed by atoms with Gasteiger partial charge < -0.3 is 15.3 Å². The van der Waals surface area contributed by atoms with Crippen LogP contribution in [0.2, 0.25) is 0 Å². The van der Waals surface area contributed by atoms with Gasteiger partial charge in [-0.1, -0.05) is 48.5 Å². The molecule has 2 N–H and O–H groups in total. The van der Waals surface area contributed by atoms with E-state index >= 15 is 0 Å². The van der Waals surface area contributed by atoms with E-state index in [9.17, 15) is 14.4 Å². The van der Waals surface area contributed by atoms with Crippen molar-refractivity contribution in [2.75, 3.05) is 11.9 Å². The Labute approximate surface area is 170 Å².